The van der Waals surface area contributed by atoms with Gasteiger partial charge < -0.3 is 15.2 Å². The van der Waals surface area contributed by atoms with Gasteiger partial charge >= 0.3 is 12.1 Å². The number of carboxylic acid groups (broad SMARTS) is 1. The normalized spacial score (nSPS) is 26.5. The van der Waals surface area contributed by atoms with Crippen LogP contribution in [0.1, 0.15) is 27.2 Å². The summed E-state index contributed by atoms with van der Waals surface area (Å²) in [5.74, 6) is -2.95. The molecule has 2 N–H and O–H groups in total. The van der Waals surface area contributed by atoms with E-state index in [1.165, 1.54) is 0 Å². The minimum atomic E-state index is -3.35. The molecule has 1 aliphatic rings. The van der Waals surface area contributed by atoms with Crippen molar-refractivity contribution in [3.05, 3.63) is 0 Å². The first-order valence-corrected chi connectivity index (χ1v) is 7.75. The van der Waals surface area contributed by atoms with E-state index in [1.807, 2.05) is 0 Å². The molecule has 0 saturated carbocycles. The number of carbonyl (C=O) groups excluding carboxylic acids is 1. The number of sulfone groups is 1. The molecule has 0 bridgehead atoms. The van der Waals surface area contributed by atoms with E-state index < -0.39 is 45.2 Å². The summed E-state index contributed by atoms with van der Waals surface area (Å²) in [6.45, 7) is 5.06. The van der Waals surface area contributed by atoms with Crippen LogP contribution in [0.5, 0.6) is 0 Å². The van der Waals surface area contributed by atoms with Crippen LogP contribution in [0.15, 0.2) is 0 Å². The Morgan fingerprint density at radius 2 is 1.89 bits per heavy atom. The van der Waals surface area contributed by atoms with Gasteiger partial charge in [0.05, 0.1) is 17.4 Å². The molecule has 0 radical (unpaired) electrons. The molecule has 0 aromatic rings. The van der Waals surface area contributed by atoms with Crippen molar-refractivity contribution in [2.75, 3.05) is 11.5 Å². The molecule has 19 heavy (non-hydrogen) atoms. The van der Waals surface area contributed by atoms with Crippen LogP contribution in [-0.2, 0) is 19.4 Å². The smallest absolute Gasteiger partial charge is 0.407 e. The lowest BCUT2D eigenvalue weighted by Gasteiger charge is -2.30. The zero-order valence-corrected chi connectivity index (χ0v) is 12.0. The average molecular weight is 293 g/mol. The van der Waals surface area contributed by atoms with Gasteiger partial charge in [-0.1, -0.05) is 0 Å². The van der Waals surface area contributed by atoms with E-state index in [1.54, 1.807) is 20.8 Å². The lowest BCUT2D eigenvalue weighted by molar-refractivity contribution is -0.142. The van der Waals surface area contributed by atoms with Crippen LogP contribution < -0.4 is 5.32 Å². The van der Waals surface area contributed by atoms with Gasteiger partial charge in [-0.3, -0.25) is 4.79 Å². The first-order valence-electron chi connectivity index (χ1n) is 5.93. The maximum atomic E-state index is 11.6. The minimum Gasteiger partial charge on any atom is -0.481 e. The van der Waals surface area contributed by atoms with Gasteiger partial charge in [0.2, 0.25) is 0 Å². The van der Waals surface area contributed by atoms with Gasteiger partial charge in [-0.15, -0.1) is 0 Å². The number of carboxylic acids is 1. The van der Waals surface area contributed by atoms with E-state index in [2.05, 4.69) is 5.32 Å². The monoisotopic (exact) mass is 293 g/mol. The number of ether oxygens (including phenoxy) is 1. The van der Waals surface area contributed by atoms with Gasteiger partial charge in [-0.2, -0.15) is 0 Å². The first kappa shape index (κ1) is 15.7. The second kappa shape index (κ2) is 5.36. The first-order chi connectivity index (χ1) is 8.50. The lowest BCUT2D eigenvalue weighted by Crippen LogP contribution is -2.51. The molecule has 1 aliphatic heterocycles. The number of alkyl carbamates (subject to hydrolysis) is 1. The standard InChI is InChI=1S/C11H19NO6S/c1-11(2,3)18-10(15)12-8-4-5-19(16,17)6-7(8)9(13)14/h7-8H,4-6H2,1-3H3,(H,12,15)(H,13,14)/t7-,8-/m1/s1. The molecule has 1 rings (SSSR count). The van der Waals surface area contributed by atoms with Crippen molar-refractivity contribution in [2.45, 2.75) is 38.8 Å². The van der Waals surface area contributed by atoms with E-state index in [0.29, 0.717) is 0 Å². The lowest BCUT2D eigenvalue weighted by atomic mass is 9.99. The Kier molecular flexibility index (Phi) is 4.44. The summed E-state index contributed by atoms with van der Waals surface area (Å²) < 4.78 is 27.9. The minimum absolute atomic E-state index is 0.0819. The molecule has 1 amide bonds. The summed E-state index contributed by atoms with van der Waals surface area (Å²) >= 11 is 0. The van der Waals surface area contributed by atoms with E-state index in [-0.39, 0.29) is 12.2 Å². The molecule has 0 aromatic heterocycles. The van der Waals surface area contributed by atoms with Crippen molar-refractivity contribution in [1.29, 1.82) is 0 Å². The van der Waals surface area contributed by atoms with Crippen LogP contribution in [0, 0.1) is 5.92 Å². The largest absolute Gasteiger partial charge is 0.481 e. The SMILES string of the molecule is CC(C)(C)OC(=O)N[C@@H]1CCS(=O)(=O)C[C@H]1C(=O)O. The van der Waals surface area contributed by atoms with Crippen molar-refractivity contribution < 1.29 is 27.9 Å². The Labute approximate surface area is 112 Å². The third kappa shape index (κ3) is 5.06. The molecular formula is C11H19NO6S. The summed E-state index contributed by atoms with van der Waals surface area (Å²) in [7, 11) is -3.35. The van der Waals surface area contributed by atoms with Crippen LogP contribution >= 0.6 is 0 Å². The summed E-state index contributed by atoms with van der Waals surface area (Å²) in [4.78, 5) is 22.6. The molecular weight excluding hydrogens is 274 g/mol. The summed E-state index contributed by atoms with van der Waals surface area (Å²) in [5.41, 5.74) is -0.691. The molecule has 7 nitrogen and oxygen atoms in total. The third-order valence-electron chi connectivity index (χ3n) is 2.68. The predicted molar refractivity (Wildman–Crippen MR) is 67.6 cm³/mol. The van der Waals surface area contributed by atoms with Crippen molar-refractivity contribution in [3.8, 4) is 0 Å². The van der Waals surface area contributed by atoms with E-state index >= 15 is 0 Å². The maximum Gasteiger partial charge on any atom is 0.407 e. The number of hydrogen-bond acceptors (Lipinski definition) is 5. The molecule has 1 saturated heterocycles. The Morgan fingerprint density at radius 3 is 2.37 bits per heavy atom. The Hall–Kier alpha value is -1.31. The quantitative estimate of drug-likeness (QED) is 0.762. The summed E-state index contributed by atoms with van der Waals surface area (Å²) in [6.07, 6.45) is -0.651. The number of aliphatic carboxylic acids is 1. The molecule has 0 spiro atoms. The molecule has 1 fully saturated rings. The van der Waals surface area contributed by atoms with Crippen molar-refractivity contribution in [1.82, 2.24) is 5.32 Å². The molecule has 8 heteroatoms. The maximum absolute atomic E-state index is 11.6. The second-order valence-electron chi connectivity index (χ2n) is 5.60. The molecule has 1 heterocycles. The predicted octanol–water partition coefficient (Wildman–Crippen LogP) is 0.399. The van der Waals surface area contributed by atoms with Crippen molar-refractivity contribution in [3.63, 3.8) is 0 Å². The highest BCUT2D eigenvalue weighted by atomic mass is 32.2. The van der Waals surface area contributed by atoms with Gasteiger partial charge in [0.1, 0.15) is 5.60 Å². The number of amides is 1. The molecule has 110 valence electrons. The molecule has 0 aromatic carbocycles. The van der Waals surface area contributed by atoms with Crippen molar-refractivity contribution >= 4 is 21.9 Å². The molecule has 0 aliphatic carbocycles. The van der Waals surface area contributed by atoms with E-state index in [4.69, 9.17) is 9.84 Å². The van der Waals surface area contributed by atoms with Gasteiger partial charge in [0.25, 0.3) is 0 Å². The fraction of sp³-hybridized carbons (Fsp3) is 0.818. The van der Waals surface area contributed by atoms with Crippen LogP contribution in [0.25, 0.3) is 0 Å². The second-order valence-corrected chi connectivity index (χ2v) is 7.83. The zero-order chi connectivity index (χ0) is 14.8. The highest BCUT2D eigenvalue weighted by molar-refractivity contribution is 7.91. The number of hydrogen-bond donors (Lipinski definition) is 2. The van der Waals surface area contributed by atoms with Crippen LogP contribution in [0.4, 0.5) is 4.79 Å². The van der Waals surface area contributed by atoms with Gasteiger partial charge in [-0.05, 0) is 27.2 Å². The number of nitrogens with one attached hydrogen (secondary N) is 1. The Balaban J connectivity index is 2.71. The summed E-state index contributed by atoms with van der Waals surface area (Å²) in [5, 5.41) is 11.5. The Morgan fingerprint density at radius 1 is 1.32 bits per heavy atom. The van der Waals surface area contributed by atoms with E-state index in [9.17, 15) is 18.0 Å². The van der Waals surface area contributed by atoms with Crippen LogP contribution in [0.2, 0.25) is 0 Å². The highest BCUT2D eigenvalue weighted by Gasteiger charge is 2.39. The molecule has 2 atom stereocenters. The van der Waals surface area contributed by atoms with Crippen LogP contribution in [-0.4, -0.2) is 48.7 Å². The van der Waals surface area contributed by atoms with Crippen molar-refractivity contribution in [2.24, 2.45) is 5.92 Å². The van der Waals surface area contributed by atoms with Crippen LogP contribution in [0.3, 0.4) is 0 Å². The van der Waals surface area contributed by atoms with Gasteiger partial charge in [0.15, 0.2) is 9.84 Å². The summed E-state index contributed by atoms with van der Waals surface area (Å²) in [6, 6.07) is -0.726. The van der Waals surface area contributed by atoms with Gasteiger partial charge in [0, 0.05) is 6.04 Å². The fourth-order valence-corrected chi connectivity index (χ4v) is 3.56. The molecule has 0 unspecified atom stereocenters. The van der Waals surface area contributed by atoms with Gasteiger partial charge in [-0.25, -0.2) is 13.2 Å². The third-order valence-corrected chi connectivity index (χ3v) is 4.40. The highest BCUT2D eigenvalue weighted by Crippen LogP contribution is 2.20. The number of rotatable bonds is 2. The number of carbonyl (C=O) groups is 2. The zero-order valence-electron chi connectivity index (χ0n) is 11.2. The topological polar surface area (TPSA) is 110 Å². The Bertz CT molecular complexity index is 464. The van der Waals surface area contributed by atoms with E-state index in [0.717, 1.165) is 0 Å². The average Bonchev–Trinajstić information content (AvgIpc) is 2.17. The fourth-order valence-electron chi connectivity index (χ4n) is 1.86.